The summed E-state index contributed by atoms with van der Waals surface area (Å²) in [7, 11) is 0. The fourth-order valence-electron chi connectivity index (χ4n) is 1.65. The number of nitrogens with two attached hydrogens (primary N) is 1. The van der Waals surface area contributed by atoms with Crippen LogP contribution in [-0.4, -0.2) is 11.0 Å². The van der Waals surface area contributed by atoms with Crippen LogP contribution in [0.4, 0.5) is 15.8 Å². The van der Waals surface area contributed by atoms with Gasteiger partial charge in [0.25, 0.3) is 5.91 Å². The van der Waals surface area contributed by atoms with Crippen molar-refractivity contribution in [2.24, 2.45) is 0 Å². The quantitative estimate of drug-likeness (QED) is 0.727. The average Bonchev–Trinajstić information content (AvgIpc) is 2.33. The normalized spacial score (nSPS) is 10.2. The smallest absolute Gasteiger partial charge is 0.259 e. The lowest BCUT2D eigenvalue weighted by molar-refractivity contribution is 0.102. The van der Waals surface area contributed by atoms with Crippen molar-refractivity contribution in [2.75, 3.05) is 11.1 Å². The van der Waals surface area contributed by atoms with Crippen LogP contribution in [0.5, 0.6) is 5.75 Å². The lowest BCUT2D eigenvalue weighted by atomic mass is 10.1. The number of hydrogen-bond acceptors (Lipinski definition) is 3. The molecule has 0 heterocycles. The van der Waals surface area contributed by atoms with E-state index in [1.165, 1.54) is 30.3 Å². The summed E-state index contributed by atoms with van der Waals surface area (Å²) in [5.74, 6) is -1.13. The van der Waals surface area contributed by atoms with Crippen LogP contribution in [0.1, 0.15) is 15.9 Å². The molecular formula is C14H13FN2O2. The maximum Gasteiger partial charge on any atom is 0.259 e. The molecule has 2 aromatic rings. The molecule has 0 spiro atoms. The van der Waals surface area contributed by atoms with Gasteiger partial charge in [-0.2, -0.15) is 0 Å². The van der Waals surface area contributed by atoms with Crippen molar-refractivity contribution < 1.29 is 14.3 Å². The SMILES string of the molecule is Cc1ccc(C(=O)Nc2ccc(F)c(N)c2)c(O)c1. The number of aromatic hydroxyl groups is 1. The molecule has 0 saturated heterocycles. The Morgan fingerprint density at radius 3 is 2.63 bits per heavy atom. The van der Waals surface area contributed by atoms with Gasteiger partial charge in [-0.15, -0.1) is 0 Å². The van der Waals surface area contributed by atoms with Crippen LogP contribution < -0.4 is 11.1 Å². The molecule has 0 fully saturated rings. The highest BCUT2D eigenvalue weighted by atomic mass is 19.1. The maximum absolute atomic E-state index is 13.0. The zero-order valence-electron chi connectivity index (χ0n) is 10.3. The first-order valence-corrected chi connectivity index (χ1v) is 5.63. The van der Waals surface area contributed by atoms with Gasteiger partial charge in [-0.25, -0.2) is 4.39 Å². The minimum absolute atomic E-state index is 0.0501. The van der Waals surface area contributed by atoms with E-state index in [0.717, 1.165) is 5.56 Å². The lowest BCUT2D eigenvalue weighted by Gasteiger charge is -2.08. The highest BCUT2D eigenvalue weighted by Crippen LogP contribution is 2.21. The molecule has 4 nitrogen and oxygen atoms in total. The lowest BCUT2D eigenvalue weighted by Crippen LogP contribution is -2.12. The van der Waals surface area contributed by atoms with Crippen molar-refractivity contribution in [3.05, 3.63) is 53.3 Å². The second-order valence-corrected chi connectivity index (χ2v) is 4.21. The van der Waals surface area contributed by atoms with E-state index < -0.39 is 11.7 Å². The van der Waals surface area contributed by atoms with E-state index in [-0.39, 0.29) is 17.0 Å². The Bertz CT molecular complexity index is 641. The zero-order valence-corrected chi connectivity index (χ0v) is 10.3. The van der Waals surface area contributed by atoms with E-state index >= 15 is 0 Å². The molecule has 19 heavy (non-hydrogen) atoms. The summed E-state index contributed by atoms with van der Waals surface area (Å²) in [6.07, 6.45) is 0. The highest BCUT2D eigenvalue weighted by molar-refractivity contribution is 6.06. The first-order valence-electron chi connectivity index (χ1n) is 5.63. The number of carbonyl (C=O) groups excluding carboxylic acids is 1. The Balaban J connectivity index is 2.23. The van der Waals surface area contributed by atoms with Crippen LogP contribution in [0.15, 0.2) is 36.4 Å². The molecule has 0 radical (unpaired) electrons. The van der Waals surface area contributed by atoms with Crippen LogP contribution in [0.25, 0.3) is 0 Å². The predicted octanol–water partition coefficient (Wildman–Crippen LogP) is 2.67. The van der Waals surface area contributed by atoms with Gasteiger partial charge >= 0.3 is 0 Å². The number of halogens is 1. The summed E-state index contributed by atoms with van der Waals surface area (Å²) in [6.45, 7) is 1.81. The van der Waals surface area contributed by atoms with Gasteiger partial charge in [-0.1, -0.05) is 6.07 Å². The Morgan fingerprint density at radius 1 is 1.26 bits per heavy atom. The molecule has 0 aliphatic carbocycles. The van der Waals surface area contributed by atoms with Crippen molar-refractivity contribution in [1.82, 2.24) is 0 Å². The Labute approximate surface area is 109 Å². The third kappa shape index (κ3) is 2.82. The highest BCUT2D eigenvalue weighted by Gasteiger charge is 2.11. The molecule has 0 aliphatic rings. The number of rotatable bonds is 2. The molecule has 0 aromatic heterocycles. The first kappa shape index (κ1) is 12.9. The third-order valence-corrected chi connectivity index (χ3v) is 2.65. The number of carbonyl (C=O) groups is 1. The van der Waals surface area contributed by atoms with E-state index in [1.807, 2.05) is 6.92 Å². The average molecular weight is 260 g/mol. The molecule has 1 amide bonds. The molecule has 0 unspecified atom stereocenters. The van der Waals surface area contributed by atoms with E-state index in [0.29, 0.717) is 5.69 Å². The molecule has 5 heteroatoms. The Kier molecular flexibility index (Phi) is 3.37. The zero-order chi connectivity index (χ0) is 14.0. The van der Waals surface area contributed by atoms with Crippen molar-refractivity contribution in [3.8, 4) is 5.75 Å². The second-order valence-electron chi connectivity index (χ2n) is 4.21. The van der Waals surface area contributed by atoms with Gasteiger partial charge in [0, 0.05) is 5.69 Å². The maximum atomic E-state index is 13.0. The molecule has 0 bridgehead atoms. The van der Waals surface area contributed by atoms with E-state index in [4.69, 9.17) is 5.73 Å². The van der Waals surface area contributed by atoms with Crippen molar-refractivity contribution >= 4 is 17.3 Å². The van der Waals surface area contributed by atoms with Crippen LogP contribution in [-0.2, 0) is 0 Å². The fraction of sp³-hybridized carbons (Fsp3) is 0.0714. The van der Waals surface area contributed by atoms with E-state index in [9.17, 15) is 14.3 Å². The summed E-state index contributed by atoms with van der Waals surface area (Å²) >= 11 is 0. The number of anilines is 2. The van der Waals surface area contributed by atoms with Crippen molar-refractivity contribution in [2.45, 2.75) is 6.92 Å². The molecule has 98 valence electrons. The molecule has 0 saturated carbocycles. The molecule has 2 rings (SSSR count). The fourth-order valence-corrected chi connectivity index (χ4v) is 1.65. The Hall–Kier alpha value is -2.56. The standard InChI is InChI=1S/C14H13FN2O2/c1-8-2-4-10(13(18)6-8)14(19)17-9-3-5-11(15)12(16)7-9/h2-7,18H,16H2,1H3,(H,17,19). The van der Waals surface area contributed by atoms with Gasteiger partial charge < -0.3 is 16.2 Å². The van der Waals surface area contributed by atoms with E-state index in [2.05, 4.69) is 5.32 Å². The number of nitrogens with one attached hydrogen (secondary N) is 1. The minimum atomic E-state index is -0.545. The van der Waals surface area contributed by atoms with Crippen LogP contribution in [0.2, 0.25) is 0 Å². The van der Waals surface area contributed by atoms with Crippen molar-refractivity contribution in [3.63, 3.8) is 0 Å². The number of hydrogen-bond donors (Lipinski definition) is 3. The Morgan fingerprint density at radius 2 is 2.00 bits per heavy atom. The van der Waals surface area contributed by atoms with Gasteiger partial charge in [-0.3, -0.25) is 4.79 Å². The second kappa shape index (κ2) is 4.97. The summed E-state index contributed by atoms with van der Waals surface area (Å²) in [6, 6.07) is 8.61. The largest absolute Gasteiger partial charge is 0.507 e. The van der Waals surface area contributed by atoms with Crippen LogP contribution >= 0.6 is 0 Å². The van der Waals surface area contributed by atoms with E-state index in [1.54, 1.807) is 6.07 Å². The topological polar surface area (TPSA) is 75.4 Å². The van der Waals surface area contributed by atoms with Crippen LogP contribution in [0, 0.1) is 12.7 Å². The van der Waals surface area contributed by atoms with Gasteiger partial charge in [-0.05, 0) is 42.8 Å². The monoisotopic (exact) mass is 260 g/mol. The number of amides is 1. The summed E-state index contributed by atoms with van der Waals surface area (Å²) < 4.78 is 13.0. The van der Waals surface area contributed by atoms with Crippen LogP contribution in [0.3, 0.4) is 0 Å². The molecule has 4 N–H and O–H groups in total. The number of nitrogen functional groups attached to an aromatic ring is 1. The molecule has 0 atom stereocenters. The van der Waals surface area contributed by atoms with Gasteiger partial charge in [0.2, 0.25) is 0 Å². The third-order valence-electron chi connectivity index (χ3n) is 2.65. The predicted molar refractivity (Wildman–Crippen MR) is 71.6 cm³/mol. The summed E-state index contributed by atoms with van der Waals surface area (Å²) in [4.78, 5) is 11.9. The number of aryl methyl sites for hydroxylation is 1. The minimum Gasteiger partial charge on any atom is -0.507 e. The number of benzene rings is 2. The first-order chi connectivity index (χ1) is 8.97. The number of phenolic OH excluding ortho intramolecular Hbond substituents is 1. The summed E-state index contributed by atoms with van der Waals surface area (Å²) in [5.41, 5.74) is 6.72. The molecule has 2 aromatic carbocycles. The van der Waals surface area contributed by atoms with Gasteiger partial charge in [0.05, 0.1) is 11.3 Å². The van der Waals surface area contributed by atoms with Gasteiger partial charge in [0.1, 0.15) is 11.6 Å². The summed E-state index contributed by atoms with van der Waals surface area (Å²) in [5, 5.41) is 12.2. The molecule has 0 aliphatic heterocycles. The van der Waals surface area contributed by atoms with Crippen molar-refractivity contribution in [1.29, 1.82) is 0 Å². The number of phenols is 1. The van der Waals surface area contributed by atoms with Gasteiger partial charge in [0.15, 0.2) is 0 Å². The molecular weight excluding hydrogens is 247 g/mol.